The van der Waals surface area contributed by atoms with Gasteiger partial charge in [-0.15, -0.1) is 0 Å². The highest BCUT2D eigenvalue weighted by atomic mass is 16.3. The van der Waals surface area contributed by atoms with Crippen molar-refractivity contribution in [2.24, 2.45) is 5.92 Å². The van der Waals surface area contributed by atoms with Crippen LogP contribution in [0.15, 0.2) is 36.6 Å². The summed E-state index contributed by atoms with van der Waals surface area (Å²) in [5, 5.41) is 8.86. The van der Waals surface area contributed by atoms with E-state index in [1.165, 1.54) is 0 Å². The first-order valence-electron chi connectivity index (χ1n) is 3.68. The molecule has 0 aliphatic heterocycles. The van der Waals surface area contributed by atoms with E-state index in [2.05, 4.69) is 19.7 Å². The zero-order chi connectivity index (χ0) is 9.02. The van der Waals surface area contributed by atoms with E-state index < -0.39 is 0 Å². The van der Waals surface area contributed by atoms with Crippen LogP contribution in [0.4, 0.5) is 0 Å². The van der Waals surface area contributed by atoms with Gasteiger partial charge in [-0.1, -0.05) is 33.6 Å². The molecule has 11 heavy (non-hydrogen) atoms. The van der Waals surface area contributed by atoms with Gasteiger partial charge in [-0.3, -0.25) is 0 Å². The van der Waals surface area contributed by atoms with Gasteiger partial charge in [0.25, 0.3) is 0 Å². The molecule has 0 saturated carbocycles. The third-order valence-electron chi connectivity index (χ3n) is 1.57. The van der Waals surface area contributed by atoms with E-state index in [-0.39, 0.29) is 5.76 Å². The van der Waals surface area contributed by atoms with Gasteiger partial charge in [0.1, 0.15) is 0 Å². The van der Waals surface area contributed by atoms with Crippen molar-refractivity contribution in [3.8, 4) is 0 Å². The normalized spacial score (nSPS) is 9.73. The van der Waals surface area contributed by atoms with Crippen molar-refractivity contribution in [2.75, 3.05) is 0 Å². The molecule has 0 aromatic carbocycles. The van der Waals surface area contributed by atoms with E-state index >= 15 is 0 Å². The highest BCUT2D eigenvalue weighted by Gasteiger charge is 2.04. The van der Waals surface area contributed by atoms with Gasteiger partial charge in [0, 0.05) is 6.42 Å². The van der Waals surface area contributed by atoms with Crippen LogP contribution in [0, 0.1) is 5.92 Å². The van der Waals surface area contributed by atoms with Crippen molar-refractivity contribution >= 4 is 0 Å². The second-order valence-corrected chi connectivity index (χ2v) is 3.03. The second-order valence-electron chi connectivity index (χ2n) is 3.03. The third-order valence-corrected chi connectivity index (χ3v) is 1.57. The molecule has 0 spiro atoms. The monoisotopic (exact) mass is 152 g/mol. The molecule has 0 radical (unpaired) electrons. The zero-order valence-electron chi connectivity index (χ0n) is 7.35. The smallest absolute Gasteiger partial charge is 0.0894 e. The van der Waals surface area contributed by atoms with Crippen molar-refractivity contribution in [3.05, 3.63) is 36.6 Å². The van der Waals surface area contributed by atoms with Gasteiger partial charge in [-0.2, -0.15) is 0 Å². The van der Waals surface area contributed by atoms with Crippen LogP contribution in [-0.2, 0) is 0 Å². The first kappa shape index (κ1) is 10.0. The molecule has 0 aromatic heterocycles. The molecule has 0 bridgehead atoms. The van der Waals surface area contributed by atoms with Crippen molar-refractivity contribution < 1.29 is 5.11 Å². The standard InChI is InChI=1S/C10H16O/c1-7(2)10(5)8(3)6-9(4)11/h7,11H,3-6H2,1-2H3. The predicted octanol–water partition coefficient (Wildman–Crippen LogP) is 3.22. The molecule has 0 unspecified atom stereocenters. The topological polar surface area (TPSA) is 20.2 Å². The summed E-state index contributed by atoms with van der Waals surface area (Å²) >= 11 is 0. The SMILES string of the molecule is C=C(O)CC(=C)C(=C)C(C)C. The summed E-state index contributed by atoms with van der Waals surface area (Å²) in [5.41, 5.74) is 1.85. The Hall–Kier alpha value is -0.980. The lowest BCUT2D eigenvalue weighted by molar-refractivity contribution is 0.401. The summed E-state index contributed by atoms with van der Waals surface area (Å²) in [4.78, 5) is 0. The van der Waals surface area contributed by atoms with E-state index in [1.54, 1.807) is 0 Å². The Morgan fingerprint density at radius 1 is 1.27 bits per heavy atom. The fourth-order valence-corrected chi connectivity index (χ4v) is 0.768. The molecule has 1 N–H and O–H groups in total. The van der Waals surface area contributed by atoms with Crippen LogP contribution in [0.5, 0.6) is 0 Å². The summed E-state index contributed by atoms with van der Waals surface area (Å²) in [5.74, 6) is 0.540. The lowest BCUT2D eigenvalue weighted by Crippen LogP contribution is -1.96. The first-order chi connectivity index (χ1) is 4.95. The molecule has 0 saturated heterocycles. The van der Waals surface area contributed by atoms with Crippen LogP contribution >= 0.6 is 0 Å². The van der Waals surface area contributed by atoms with Gasteiger partial charge in [-0.25, -0.2) is 0 Å². The lowest BCUT2D eigenvalue weighted by atomic mass is 9.96. The Morgan fingerprint density at radius 3 is 2.00 bits per heavy atom. The van der Waals surface area contributed by atoms with Crippen molar-refractivity contribution in [1.29, 1.82) is 0 Å². The zero-order valence-corrected chi connectivity index (χ0v) is 7.35. The van der Waals surface area contributed by atoms with Gasteiger partial charge in [0.2, 0.25) is 0 Å². The predicted molar refractivity (Wildman–Crippen MR) is 49.5 cm³/mol. The lowest BCUT2D eigenvalue weighted by Gasteiger charge is -2.11. The Labute approximate surface area is 68.7 Å². The Bertz CT molecular complexity index is 187. The Kier molecular flexibility index (Phi) is 3.66. The van der Waals surface area contributed by atoms with E-state index in [9.17, 15) is 0 Å². The maximum absolute atomic E-state index is 8.86. The van der Waals surface area contributed by atoms with Crippen LogP contribution in [-0.4, -0.2) is 5.11 Å². The number of allylic oxidation sites excluding steroid dienone is 2. The number of aliphatic hydroxyl groups is 1. The van der Waals surface area contributed by atoms with Gasteiger partial charge >= 0.3 is 0 Å². The van der Waals surface area contributed by atoms with Crippen LogP contribution in [0.3, 0.4) is 0 Å². The molecular weight excluding hydrogens is 136 g/mol. The van der Waals surface area contributed by atoms with E-state index in [1.807, 2.05) is 13.8 Å². The quantitative estimate of drug-likeness (QED) is 0.484. The van der Waals surface area contributed by atoms with Crippen LogP contribution in [0.1, 0.15) is 20.3 Å². The average Bonchev–Trinajstić information content (AvgIpc) is 1.84. The molecule has 0 fully saturated rings. The minimum Gasteiger partial charge on any atom is -0.513 e. The van der Waals surface area contributed by atoms with Crippen LogP contribution < -0.4 is 0 Å². The largest absolute Gasteiger partial charge is 0.513 e. The number of rotatable bonds is 4. The average molecular weight is 152 g/mol. The summed E-state index contributed by atoms with van der Waals surface area (Å²) in [6.45, 7) is 15.1. The highest BCUT2D eigenvalue weighted by Crippen LogP contribution is 2.20. The van der Waals surface area contributed by atoms with Gasteiger partial charge in [-0.05, 0) is 17.1 Å². The molecule has 1 heteroatoms. The maximum atomic E-state index is 8.86. The molecule has 0 atom stereocenters. The number of hydrogen-bond donors (Lipinski definition) is 1. The summed E-state index contributed by atoms with van der Waals surface area (Å²) in [6.07, 6.45) is 0.441. The Balaban J connectivity index is 4.05. The van der Waals surface area contributed by atoms with Crippen molar-refractivity contribution in [2.45, 2.75) is 20.3 Å². The van der Waals surface area contributed by atoms with Crippen LogP contribution in [0.25, 0.3) is 0 Å². The molecule has 0 aliphatic rings. The molecular formula is C10H16O. The van der Waals surface area contributed by atoms with Gasteiger partial charge in [0.15, 0.2) is 0 Å². The van der Waals surface area contributed by atoms with Crippen LogP contribution in [0.2, 0.25) is 0 Å². The second kappa shape index (κ2) is 4.02. The summed E-state index contributed by atoms with van der Waals surface area (Å²) < 4.78 is 0. The molecule has 0 aromatic rings. The summed E-state index contributed by atoms with van der Waals surface area (Å²) in [6, 6.07) is 0. The number of hydrogen-bond acceptors (Lipinski definition) is 1. The molecule has 62 valence electrons. The number of aliphatic hydroxyl groups excluding tert-OH is 1. The molecule has 0 rings (SSSR count). The van der Waals surface area contributed by atoms with E-state index in [0.29, 0.717) is 12.3 Å². The third kappa shape index (κ3) is 3.66. The van der Waals surface area contributed by atoms with Gasteiger partial charge in [0.05, 0.1) is 5.76 Å². The van der Waals surface area contributed by atoms with Crippen molar-refractivity contribution in [1.82, 2.24) is 0 Å². The first-order valence-corrected chi connectivity index (χ1v) is 3.68. The minimum atomic E-state index is 0.150. The van der Waals surface area contributed by atoms with E-state index in [4.69, 9.17) is 5.11 Å². The molecule has 1 nitrogen and oxygen atoms in total. The molecule has 0 heterocycles. The van der Waals surface area contributed by atoms with E-state index in [0.717, 1.165) is 11.1 Å². The summed E-state index contributed by atoms with van der Waals surface area (Å²) in [7, 11) is 0. The maximum Gasteiger partial charge on any atom is 0.0894 e. The molecule has 0 aliphatic carbocycles. The fraction of sp³-hybridized carbons (Fsp3) is 0.400. The minimum absolute atomic E-state index is 0.150. The highest BCUT2D eigenvalue weighted by molar-refractivity contribution is 5.29. The Morgan fingerprint density at radius 2 is 1.73 bits per heavy atom. The van der Waals surface area contributed by atoms with Gasteiger partial charge < -0.3 is 5.11 Å². The van der Waals surface area contributed by atoms with Crippen molar-refractivity contribution in [3.63, 3.8) is 0 Å². The molecule has 0 amide bonds. The fourth-order valence-electron chi connectivity index (χ4n) is 0.768.